The molecule has 0 aliphatic carbocycles. The van der Waals surface area contributed by atoms with Crippen molar-refractivity contribution in [2.45, 2.75) is 55.4 Å². The molecule has 0 aromatic heterocycles. The molecular formula is C128H116N8O8. The van der Waals surface area contributed by atoms with E-state index in [2.05, 4.69) is 387 Å². The highest BCUT2D eigenvalue weighted by atomic mass is 16.5. The minimum atomic E-state index is -0.239. The predicted octanol–water partition coefficient (Wildman–Crippen LogP) is 28.9. The predicted molar refractivity (Wildman–Crippen MR) is 586 cm³/mol. The fourth-order valence-electron chi connectivity index (χ4n) is 19.4. The summed E-state index contributed by atoms with van der Waals surface area (Å²) < 4.78 is 23.4. The highest BCUT2D eigenvalue weighted by Crippen LogP contribution is 2.52. The van der Waals surface area contributed by atoms with Crippen molar-refractivity contribution in [3.63, 3.8) is 0 Å². The molecule has 0 saturated carbocycles. The fraction of sp³-hybridized carbons (Fsp3) is 0.156. The number of ether oxygens (including phenoxy) is 4. The van der Waals surface area contributed by atoms with Crippen LogP contribution in [0.5, 0.6) is 0 Å². The van der Waals surface area contributed by atoms with Gasteiger partial charge in [-0.1, -0.05) is 289 Å². The Hall–Kier alpha value is -16.6. The molecule has 0 bridgehead atoms. The van der Waals surface area contributed by atoms with Crippen molar-refractivity contribution in [3.05, 3.63) is 479 Å². The van der Waals surface area contributed by atoms with Gasteiger partial charge in [-0.25, -0.2) is 0 Å². The minimum absolute atomic E-state index is 0.216. The largest absolute Gasteiger partial charge is 0.380 e. The number of benzene rings is 16. The fourth-order valence-corrected chi connectivity index (χ4v) is 19.4. The van der Waals surface area contributed by atoms with Crippen LogP contribution in [0.25, 0.3) is 67.3 Å². The molecule has 0 spiro atoms. The summed E-state index contributed by atoms with van der Waals surface area (Å²) in [7, 11) is 0. The van der Waals surface area contributed by atoms with Gasteiger partial charge in [-0.15, -0.1) is 0 Å². The quantitative estimate of drug-likeness (QED) is 0.0346. The lowest BCUT2D eigenvalue weighted by Gasteiger charge is -2.28. The lowest BCUT2D eigenvalue weighted by Crippen LogP contribution is -2.33. The zero-order chi connectivity index (χ0) is 99.1. The highest BCUT2D eigenvalue weighted by molar-refractivity contribution is 6.31. The summed E-state index contributed by atoms with van der Waals surface area (Å²) in [4.78, 5) is 76.3. The van der Waals surface area contributed by atoms with Crippen LogP contribution in [-0.2, 0) is 38.1 Å². The van der Waals surface area contributed by atoms with Gasteiger partial charge in [-0.2, -0.15) is 0 Å². The molecule has 0 N–H and O–H groups in total. The number of nitrogens with zero attached hydrogens (tertiary/aromatic N) is 8. The summed E-state index contributed by atoms with van der Waals surface area (Å²) in [5.74, 6) is -0.909. The summed E-state index contributed by atoms with van der Waals surface area (Å²) in [6.07, 6.45) is 0. The van der Waals surface area contributed by atoms with Gasteiger partial charge in [0.05, 0.1) is 71.5 Å². The molecule has 16 aromatic carbocycles. The van der Waals surface area contributed by atoms with Gasteiger partial charge >= 0.3 is 0 Å². The van der Waals surface area contributed by atoms with Gasteiger partial charge in [0.25, 0.3) is 23.6 Å². The van der Waals surface area contributed by atoms with Crippen molar-refractivity contribution in [3.8, 4) is 44.5 Å². The number of aryl methyl sites for hydroxylation is 4. The van der Waals surface area contributed by atoms with Crippen molar-refractivity contribution in [2.24, 2.45) is 0 Å². The monoisotopic (exact) mass is 1890 g/mol. The van der Waals surface area contributed by atoms with E-state index in [1.807, 2.05) is 100 Å². The molecule has 4 amide bonds. The number of rotatable bonds is 36. The zero-order valence-electron chi connectivity index (χ0n) is 82.6. The van der Waals surface area contributed by atoms with E-state index in [1.54, 1.807) is 19.6 Å². The number of carbonyl (C=O) groups is 4. The first-order chi connectivity index (χ1) is 70.6. The number of fused-ring (bicyclic) bond motifs is 2. The van der Waals surface area contributed by atoms with Crippen LogP contribution < -0.4 is 19.6 Å². The lowest BCUT2D eigenvalue weighted by atomic mass is 10.0. The number of amides is 4. The van der Waals surface area contributed by atoms with Gasteiger partial charge in [-0.05, 0) is 268 Å². The van der Waals surface area contributed by atoms with E-state index in [9.17, 15) is 9.59 Å². The maximum absolute atomic E-state index is 15.3. The third kappa shape index (κ3) is 20.5. The van der Waals surface area contributed by atoms with Crippen LogP contribution in [0, 0.1) is 27.7 Å². The normalized spacial score (nSPS) is 13.3. The summed E-state index contributed by atoms with van der Waals surface area (Å²) in [6, 6.07) is 143. The summed E-state index contributed by atoms with van der Waals surface area (Å²) in [5.41, 5.74) is 32.6. The van der Waals surface area contributed by atoms with Gasteiger partial charge < -0.3 is 58.1 Å². The van der Waals surface area contributed by atoms with Crippen LogP contribution in [-0.4, -0.2) is 122 Å². The molecule has 0 fully saturated rings. The van der Waals surface area contributed by atoms with Gasteiger partial charge in [0.1, 0.15) is 0 Å². The third-order valence-electron chi connectivity index (χ3n) is 26.7. The van der Waals surface area contributed by atoms with Crippen molar-refractivity contribution < 1.29 is 38.1 Å². The van der Waals surface area contributed by atoms with Crippen LogP contribution in [0.15, 0.2) is 435 Å². The maximum Gasteiger partial charge on any atom is 0.261 e. The van der Waals surface area contributed by atoms with Crippen LogP contribution in [0.4, 0.5) is 68.2 Å². The molecule has 0 radical (unpaired) electrons. The van der Waals surface area contributed by atoms with Crippen molar-refractivity contribution >= 4 is 115 Å². The van der Waals surface area contributed by atoms with E-state index >= 15 is 9.59 Å². The number of hydrogen-bond donors (Lipinski definition) is 0. The Balaban J connectivity index is 0.000000190. The zero-order valence-corrected chi connectivity index (χ0v) is 82.6. The average Bonchev–Trinajstić information content (AvgIpc) is 1.56. The van der Waals surface area contributed by atoms with Crippen LogP contribution in [0.2, 0.25) is 0 Å². The minimum Gasteiger partial charge on any atom is -0.380 e. The lowest BCUT2D eigenvalue weighted by molar-refractivity contribution is -0.124. The van der Waals surface area contributed by atoms with Gasteiger partial charge in [-0.3, -0.25) is 19.2 Å². The second kappa shape index (κ2) is 44.5. The van der Waals surface area contributed by atoms with Crippen molar-refractivity contribution in [2.75, 3.05) is 98.6 Å². The van der Waals surface area contributed by atoms with E-state index < -0.39 is 0 Å². The Kier molecular flexibility index (Phi) is 29.7. The molecule has 16 aromatic rings. The molecular weight excluding hydrogens is 1780 g/mol. The Labute approximate surface area is 844 Å². The first-order valence-corrected chi connectivity index (χ1v) is 49.7. The van der Waals surface area contributed by atoms with Crippen molar-refractivity contribution in [1.82, 2.24) is 19.6 Å². The number of hydrogen-bond acceptors (Lipinski definition) is 12. The highest BCUT2D eigenvalue weighted by Gasteiger charge is 2.51. The topological polar surface area (TPSA) is 131 Å². The van der Waals surface area contributed by atoms with Crippen LogP contribution in [0.3, 0.4) is 0 Å². The molecule has 0 atom stereocenters. The molecule has 16 nitrogen and oxygen atoms in total. The standard InChI is InChI=1S/C74H62N4O4.C54H54N4O4/c1-3-81-51-49-75-71(61-33-45-67(46-34-61)77(63-37-25-57(26-38-63)53-17-9-5-10-18-53)64-39-27-58(28-40-64)54-19-11-6-12-20-54)69-70(73(75)79)72(76(74(69)80)50-52-82-4-2)62-35-47-68(48-36-62)78(65-41-29-59(30-42-65)55-21-13-7-14-22-55)66-43-31-60(32-44-66)56-23-15-8-16-24-56;1-7-61-35-33-55-51(41-17-29-47(30-18-41)57(43-21-9-37(3)10-22-43)44-23-11-38(4)12-24-44)49-50(53(55)59)52(56(54(49)60)34-36-62-8-2)42-19-31-48(32-20-42)58(45-25-13-39(5)14-26-45)46-27-15-40(6)16-28-46/h5-48H,3-4,49-52H2,1-2H3;9-32H,7-8,33-36H2,1-6H3. The second-order valence-corrected chi connectivity index (χ2v) is 36.0. The van der Waals surface area contributed by atoms with Gasteiger partial charge in [0.2, 0.25) is 0 Å². The molecule has 144 heavy (non-hydrogen) atoms. The van der Waals surface area contributed by atoms with E-state index in [0.717, 1.165) is 135 Å². The van der Waals surface area contributed by atoms with E-state index in [4.69, 9.17) is 18.9 Å². The molecule has 16 heteroatoms. The molecule has 4 aliphatic heterocycles. The van der Waals surface area contributed by atoms with E-state index in [-0.39, 0.29) is 36.7 Å². The molecule has 0 saturated heterocycles. The summed E-state index contributed by atoms with van der Waals surface area (Å²) in [5, 5.41) is 0. The Morgan fingerprint density at radius 3 is 0.451 bits per heavy atom. The Morgan fingerprint density at radius 2 is 0.306 bits per heavy atom. The Morgan fingerprint density at radius 1 is 0.174 bits per heavy atom. The van der Waals surface area contributed by atoms with Crippen LogP contribution in [0.1, 0.15) is 72.2 Å². The third-order valence-corrected chi connectivity index (χ3v) is 26.7. The van der Waals surface area contributed by atoms with Gasteiger partial charge in [0, 0.05) is 121 Å². The molecule has 0 unspecified atom stereocenters. The van der Waals surface area contributed by atoms with E-state index in [0.29, 0.717) is 111 Å². The summed E-state index contributed by atoms with van der Waals surface area (Å²) in [6.45, 7) is 20.5. The molecule has 4 aliphatic rings. The SMILES string of the molecule is CCOCCN1C(=O)C2=C(c3ccc(N(c4ccc(-c5ccccc5)cc4)c4ccc(-c5ccccc5)cc4)cc3)N(CCOCC)C(=O)C2=C1c1ccc(N(c2ccc(-c3ccccc3)cc2)c2ccc(-c3ccccc3)cc2)cc1.CCOCCN1C(=O)C2=C(c3ccc(N(c4ccc(C)cc4)c4ccc(C)cc4)cc3)N(CCOCC)C(=O)C2=C1c1ccc(N(c2ccc(C)cc2)c2ccc(C)cc2)cc1. The number of anilines is 12. The van der Waals surface area contributed by atoms with Gasteiger partial charge in [0.15, 0.2) is 0 Å². The van der Waals surface area contributed by atoms with E-state index in [1.165, 1.54) is 22.3 Å². The molecule has 20 rings (SSSR count). The Bertz CT molecular complexity index is 6630. The summed E-state index contributed by atoms with van der Waals surface area (Å²) >= 11 is 0. The first kappa shape index (κ1) is 96.3. The molecule has 4 heterocycles. The maximum atomic E-state index is 15.3. The first-order valence-electron chi connectivity index (χ1n) is 49.7. The molecule has 716 valence electrons. The second-order valence-electron chi connectivity index (χ2n) is 36.0. The number of carbonyl (C=O) groups excluding carboxylic acids is 4. The van der Waals surface area contributed by atoms with Crippen LogP contribution >= 0.6 is 0 Å². The van der Waals surface area contributed by atoms with Crippen molar-refractivity contribution in [1.29, 1.82) is 0 Å². The smallest absolute Gasteiger partial charge is 0.261 e. The average molecular weight is 1890 g/mol.